The summed E-state index contributed by atoms with van der Waals surface area (Å²) in [6.45, 7) is 13.5. The van der Waals surface area contributed by atoms with E-state index >= 15 is 0 Å². The van der Waals surface area contributed by atoms with Crippen molar-refractivity contribution in [2.75, 3.05) is 0 Å². The number of carbonyl (C=O) groups excluding carboxylic acids is 1. The Morgan fingerprint density at radius 1 is 0.931 bits per heavy atom. The van der Waals surface area contributed by atoms with E-state index in [0.717, 1.165) is 16.8 Å². The van der Waals surface area contributed by atoms with Gasteiger partial charge in [-0.1, -0.05) is 32.9 Å². The molecule has 0 aliphatic heterocycles. The molecule has 3 aromatic rings. The predicted octanol–water partition coefficient (Wildman–Crippen LogP) is 6.28. The Balaban J connectivity index is 0.000000456. The van der Waals surface area contributed by atoms with E-state index in [1.54, 1.807) is 0 Å². The number of hydrogen-bond acceptors (Lipinski definition) is 3. The monoisotopic (exact) mass is 567 g/mol. The number of aliphatic hydroxyl groups excluding tert-OH is 1. The first-order chi connectivity index (χ1) is 13.1. The van der Waals surface area contributed by atoms with Crippen LogP contribution in [0.15, 0.2) is 42.2 Å². The summed E-state index contributed by atoms with van der Waals surface area (Å²) in [5, 5.41) is 9.56. The largest absolute Gasteiger partial charge is 0.512 e. The van der Waals surface area contributed by atoms with Crippen molar-refractivity contribution < 1.29 is 30.0 Å². The molecule has 0 amide bonds. The SMILES string of the molecule is CC(=O)/C=C(/C)O.Cc1[c-]c(-c2ccc3cc(C)c(C)cc3n2)c(C)cc1C.[Ir]. The minimum Gasteiger partial charge on any atom is -0.512 e. The molecule has 0 aliphatic rings. The molecule has 0 fully saturated rings. The molecule has 0 saturated heterocycles. The van der Waals surface area contributed by atoms with Gasteiger partial charge in [-0.3, -0.25) is 9.78 Å². The maximum atomic E-state index is 10.0. The molecule has 29 heavy (non-hydrogen) atoms. The van der Waals surface area contributed by atoms with Crippen LogP contribution in [0.2, 0.25) is 0 Å². The standard InChI is InChI=1S/C20H20N.C5H8O2.Ir/c1-12-8-16(5)18(10-14(12)3)19-7-6-17-9-13(2)15(4)11-20(17)21-19;1-4(6)3-5(2)7;/h6-9,11H,1-5H3;3,6H,1-2H3;/q-1;;/b;4-3-;. The van der Waals surface area contributed by atoms with Crippen molar-refractivity contribution in [3.8, 4) is 11.3 Å². The van der Waals surface area contributed by atoms with E-state index in [-0.39, 0.29) is 31.6 Å². The van der Waals surface area contributed by atoms with Crippen molar-refractivity contribution in [2.45, 2.75) is 48.5 Å². The molecular weight excluding hydrogens is 538 g/mol. The summed E-state index contributed by atoms with van der Waals surface area (Å²) >= 11 is 0. The van der Waals surface area contributed by atoms with Crippen LogP contribution in [-0.4, -0.2) is 15.9 Å². The molecule has 0 saturated carbocycles. The normalized spacial score (nSPS) is 10.8. The maximum absolute atomic E-state index is 10.0. The fourth-order valence-corrected chi connectivity index (χ4v) is 2.98. The third-order valence-electron chi connectivity index (χ3n) is 4.70. The van der Waals surface area contributed by atoms with Gasteiger partial charge in [-0.25, -0.2) is 0 Å². The molecule has 155 valence electrons. The zero-order valence-electron chi connectivity index (χ0n) is 18.1. The fraction of sp³-hybridized carbons (Fsp3) is 0.280. The van der Waals surface area contributed by atoms with Crippen LogP contribution in [0, 0.1) is 40.7 Å². The van der Waals surface area contributed by atoms with Gasteiger partial charge < -0.3 is 5.11 Å². The molecule has 0 atom stereocenters. The third-order valence-corrected chi connectivity index (χ3v) is 4.70. The van der Waals surface area contributed by atoms with Crippen molar-refractivity contribution >= 4 is 16.7 Å². The number of aromatic nitrogens is 1. The molecule has 0 bridgehead atoms. The van der Waals surface area contributed by atoms with Crippen molar-refractivity contribution in [1.82, 2.24) is 4.98 Å². The molecule has 2 aromatic carbocycles. The molecule has 0 unspecified atom stereocenters. The minimum atomic E-state index is -0.125. The number of carbonyl (C=O) groups is 1. The number of pyridine rings is 1. The Kier molecular flexibility index (Phi) is 8.94. The van der Waals surface area contributed by atoms with Crippen LogP contribution in [0.4, 0.5) is 0 Å². The summed E-state index contributed by atoms with van der Waals surface area (Å²) in [7, 11) is 0. The van der Waals surface area contributed by atoms with Gasteiger partial charge in [0.25, 0.3) is 0 Å². The van der Waals surface area contributed by atoms with Crippen LogP contribution in [-0.2, 0) is 24.9 Å². The number of benzene rings is 2. The Morgan fingerprint density at radius 3 is 2.10 bits per heavy atom. The Morgan fingerprint density at radius 2 is 1.55 bits per heavy atom. The first-order valence-corrected chi connectivity index (χ1v) is 9.35. The van der Waals surface area contributed by atoms with Crippen LogP contribution in [0.25, 0.3) is 22.2 Å². The van der Waals surface area contributed by atoms with E-state index in [9.17, 15) is 4.79 Å². The van der Waals surface area contributed by atoms with Crippen molar-refractivity contribution in [3.05, 3.63) is 76.1 Å². The average Bonchev–Trinajstić information content (AvgIpc) is 2.58. The molecule has 1 heterocycles. The van der Waals surface area contributed by atoms with Crippen LogP contribution in [0.1, 0.15) is 41.7 Å². The van der Waals surface area contributed by atoms with E-state index in [1.807, 2.05) is 0 Å². The predicted molar refractivity (Wildman–Crippen MR) is 117 cm³/mol. The summed E-state index contributed by atoms with van der Waals surface area (Å²) in [5.74, 6) is -0.0625. The van der Waals surface area contributed by atoms with E-state index in [1.165, 1.54) is 53.1 Å². The fourth-order valence-electron chi connectivity index (χ4n) is 2.98. The second-order valence-corrected chi connectivity index (χ2v) is 7.36. The van der Waals surface area contributed by atoms with Gasteiger partial charge in [-0.15, -0.1) is 34.4 Å². The molecule has 3 nitrogen and oxygen atoms in total. The number of aliphatic hydroxyl groups is 1. The van der Waals surface area contributed by atoms with Crippen molar-refractivity contribution in [2.24, 2.45) is 0 Å². The number of fused-ring (bicyclic) bond motifs is 1. The number of ketones is 1. The van der Waals surface area contributed by atoms with Gasteiger partial charge >= 0.3 is 0 Å². The Labute approximate surface area is 187 Å². The molecular formula is C25H28IrNO2-. The Hall–Kier alpha value is -2.29. The van der Waals surface area contributed by atoms with E-state index < -0.39 is 0 Å². The third kappa shape index (κ3) is 6.62. The van der Waals surface area contributed by atoms with Crippen LogP contribution < -0.4 is 0 Å². The first-order valence-electron chi connectivity index (χ1n) is 9.35. The molecule has 0 spiro atoms. The minimum absolute atomic E-state index is 0. The smallest absolute Gasteiger partial charge is 0.155 e. The Bertz CT molecular complexity index is 1060. The molecule has 3 rings (SSSR count). The van der Waals surface area contributed by atoms with Crippen molar-refractivity contribution in [1.29, 1.82) is 0 Å². The van der Waals surface area contributed by atoms with Gasteiger partial charge in [0.2, 0.25) is 0 Å². The summed E-state index contributed by atoms with van der Waals surface area (Å²) in [5.41, 5.74) is 9.47. The second kappa shape index (κ2) is 10.5. The molecule has 4 heteroatoms. The molecule has 1 radical (unpaired) electrons. The number of nitrogens with zero attached hydrogens (tertiary/aromatic N) is 1. The average molecular weight is 567 g/mol. The number of aryl methyl sites for hydroxylation is 5. The number of allylic oxidation sites excluding steroid dienone is 2. The van der Waals surface area contributed by atoms with Gasteiger partial charge in [0, 0.05) is 26.2 Å². The van der Waals surface area contributed by atoms with Gasteiger partial charge in [0.05, 0.1) is 11.3 Å². The zero-order chi connectivity index (χ0) is 21.0. The van der Waals surface area contributed by atoms with Crippen LogP contribution in [0.5, 0.6) is 0 Å². The second-order valence-electron chi connectivity index (χ2n) is 7.36. The zero-order valence-corrected chi connectivity index (χ0v) is 20.5. The maximum Gasteiger partial charge on any atom is 0.155 e. The summed E-state index contributed by atoms with van der Waals surface area (Å²) in [4.78, 5) is 14.9. The van der Waals surface area contributed by atoms with Gasteiger partial charge in [-0.05, 0) is 62.0 Å². The molecule has 0 aliphatic carbocycles. The number of rotatable bonds is 2. The van der Waals surface area contributed by atoms with Gasteiger partial charge in [0.15, 0.2) is 5.78 Å². The summed E-state index contributed by atoms with van der Waals surface area (Å²) in [6.07, 6.45) is 1.17. The van der Waals surface area contributed by atoms with Gasteiger partial charge in [-0.2, -0.15) is 0 Å². The summed E-state index contributed by atoms with van der Waals surface area (Å²) < 4.78 is 0. The molecule has 1 aromatic heterocycles. The van der Waals surface area contributed by atoms with Crippen LogP contribution >= 0.6 is 0 Å². The summed E-state index contributed by atoms with van der Waals surface area (Å²) in [6, 6.07) is 14.3. The quantitative estimate of drug-likeness (QED) is 0.226. The van der Waals surface area contributed by atoms with Gasteiger partial charge in [0.1, 0.15) is 0 Å². The molecule has 1 N–H and O–H groups in total. The number of hydrogen-bond donors (Lipinski definition) is 1. The first kappa shape index (κ1) is 24.7. The van der Waals surface area contributed by atoms with Crippen LogP contribution in [0.3, 0.4) is 0 Å². The van der Waals surface area contributed by atoms with E-state index in [0.29, 0.717) is 0 Å². The van der Waals surface area contributed by atoms with E-state index in [2.05, 4.69) is 71.0 Å². The van der Waals surface area contributed by atoms with Crippen molar-refractivity contribution in [3.63, 3.8) is 0 Å². The topological polar surface area (TPSA) is 50.2 Å². The van der Waals surface area contributed by atoms with E-state index in [4.69, 9.17) is 10.1 Å².